The highest BCUT2D eigenvalue weighted by Gasteiger charge is 2.32. The minimum atomic E-state index is -0.547. The van der Waals surface area contributed by atoms with Crippen LogP contribution in [0.2, 0.25) is 0 Å². The van der Waals surface area contributed by atoms with Gasteiger partial charge >= 0.3 is 6.09 Å². The van der Waals surface area contributed by atoms with E-state index in [4.69, 9.17) is 9.72 Å². The van der Waals surface area contributed by atoms with Gasteiger partial charge in [0, 0.05) is 61.6 Å². The molecule has 10 heteroatoms. The Labute approximate surface area is 215 Å². The summed E-state index contributed by atoms with van der Waals surface area (Å²) in [6.45, 7) is 9.29. The molecule has 0 N–H and O–H groups in total. The summed E-state index contributed by atoms with van der Waals surface area (Å²) in [5.74, 6) is 1.36. The number of hydrogen-bond acceptors (Lipinski definition) is 8. The number of fused-ring (bicyclic) bond motifs is 1. The fourth-order valence-electron chi connectivity index (χ4n) is 4.56. The van der Waals surface area contributed by atoms with Crippen molar-refractivity contribution in [3.8, 4) is 23.0 Å². The fraction of sp³-hybridized carbons (Fsp3) is 0.333. The molecule has 0 bridgehead atoms. The van der Waals surface area contributed by atoms with E-state index in [1.807, 2.05) is 43.7 Å². The van der Waals surface area contributed by atoms with Crippen LogP contribution in [0.4, 0.5) is 10.6 Å². The lowest BCUT2D eigenvalue weighted by Crippen LogP contribution is -2.54. The first-order valence-electron chi connectivity index (χ1n) is 12.1. The van der Waals surface area contributed by atoms with Gasteiger partial charge in [-0.3, -0.25) is 9.55 Å². The third kappa shape index (κ3) is 4.80. The lowest BCUT2D eigenvalue weighted by atomic mass is 10.1. The van der Waals surface area contributed by atoms with Gasteiger partial charge in [0.2, 0.25) is 0 Å². The second-order valence-corrected chi connectivity index (χ2v) is 10.0. The van der Waals surface area contributed by atoms with Crippen molar-refractivity contribution in [2.75, 3.05) is 24.5 Å². The Bertz CT molecular complexity index is 1490. The zero-order chi connectivity index (χ0) is 26.2. The Morgan fingerprint density at radius 2 is 2.00 bits per heavy atom. The maximum Gasteiger partial charge on any atom is 0.410 e. The number of nitriles is 1. The number of piperazine rings is 1. The topological polar surface area (TPSA) is 113 Å². The third-order valence-corrected chi connectivity index (χ3v) is 6.21. The molecular weight excluding hydrogens is 468 g/mol. The number of hydrogen-bond donors (Lipinski definition) is 0. The van der Waals surface area contributed by atoms with Crippen molar-refractivity contribution in [1.82, 2.24) is 29.4 Å². The predicted molar refractivity (Wildman–Crippen MR) is 139 cm³/mol. The fourth-order valence-corrected chi connectivity index (χ4v) is 4.56. The summed E-state index contributed by atoms with van der Waals surface area (Å²) < 4.78 is 7.47. The first kappa shape index (κ1) is 24.2. The summed E-state index contributed by atoms with van der Waals surface area (Å²) in [6.07, 6.45) is 8.35. The summed E-state index contributed by atoms with van der Waals surface area (Å²) in [5.41, 5.74) is 2.46. The smallest absolute Gasteiger partial charge is 0.410 e. The highest BCUT2D eigenvalue weighted by Crippen LogP contribution is 2.37. The van der Waals surface area contributed by atoms with Crippen LogP contribution in [0.25, 0.3) is 28.0 Å². The van der Waals surface area contributed by atoms with Crippen LogP contribution >= 0.6 is 0 Å². The van der Waals surface area contributed by atoms with E-state index in [0.717, 1.165) is 22.3 Å². The van der Waals surface area contributed by atoms with Gasteiger partial charge < -0.3 is 14.5 Å². The first-order valence-corrected chi connectivity index (χ1v) is 12.1. The van der Waals surface area contributed by atoms with Crippen molar-refractivity contribution in [3.63, 3.8) is 0 Å². The van der Waals surface area contributed by atoms with E-state index in [-0.39, 0.29) is 12.1 Å². The summed E-state index contributed by atoms with van der Waals surface area (Å²) in [4.78, 5) is 34.8. The van der Waals surface area contributed by atoms with Crippen molar-refractivity contribution in [3.05, 3.63) is 60.9 Å². The van der Waals surface area contributed by atoms with Crippen LogP contribution in [0.5, 0.6) is 0 Å². The molecule has 4 aromatic rings. The Hall–Kier alpha value is -4.52. The molecule has 1 aliphatic heterocycles. The quantitative estimate of drug-likeness (QED) is 0.415. The van der Waals surface area contributed by atoms with Crippen LogP contribution in [-0.4, -0.2) is 66.8 Å². The Morgan fingerprint density at radius 1 is 1.16 bits per heavy atom. The van der Waals surface area contributed by atoms with E-state index < -0.39 is 5.60 Å². The third-order valence-electron chi connectivity index (χ3n) is 6.21. The van der Waals surface area contributed by atoms with Gasteiger partial charge in [0.25, 0.3) is 0 Å². The number of nitrogens with zero attached hydrogens (tertiary/aromatic N) is 8. The van der Waals surface area contributed by atoms with Crippen LogP contribution in [0.3, 0.4) is 0 Å². The molecule has 1 atom stereocenters. The van der Waals surface area contributed by atoms with Gasteiger partial charge in [0.05, 0.1) is 17.0 Å². The lowest BCUT2D eigenvalue weighted by Gasteiger charge is -2.41. The molecule has 5 heterocycles. The molecule has 1 saturated heterocycles. The molecule has 1 amide bonds. The van der Waals surface area contributed by atoms with Gasteiger partial charge in [0.1, 0.15) is 23.6 Å². The van der Waals surface area contributed by atoms with Crippen molar-refractivity contribution < 1.29 is 9.53 Å². The summed E-state index contributed by atoms with van der Waals surface area (Å²) in [5, 5.41) is 10.3. The average molecular weight is 497 g/mol. The minimum Gasteiger partial charge on any atom is -0.444 e. The second-order valence-electron chi connectivity index (χ2n) is 10.0. The Morgan fingerprint density at radius 3 is 2.70 bits per heavy atom. The van der Waals surface area contributed by atoms with Gasteiger partial charge in [-0.2, -0.15) is 5.26 Å². The van der Waals surface area contributed by atoms with Gasteiger partial charge in [0.15, 0.2) is 5.65 Å². The van der Waals surface area contributed by atoms with E-state index in [2.05, 4.69) is 32.8 Å². The predicted octanol–water partition coefficient (Wildman–Crippen LogP) is 4.19. The standard InChI is InChI=1S/C27H28N8O2/c1-18-15-33(26(36)37-27(2,3)4)10-11-34(18)24-23-21(20-6-5-8-29-14-20)16-35(25(23)32-17-31-24)22-12-19(13-28)7-9-30-22/h5-9,12,14,16-18H,10-11,15H2,1-4H3/t18-/m0/s1. The molecule has 4 aromatic heterocycles. The highest BCUT2D eigenvalue weighted by molar-refractivity contribution is 6.02. The van der Waals surface area contributed by atoms with E-state index in [9.17, 15) is 10.1 Å². The zero-order valence-electron chi connectivity index (χ0n) is 21.3. The molecular formula is C27H28N8O2. The van der Waals surface area contributed by atoms with Gasteiger partial charge in [-0.25, -0.2) is 19.7 Å². The summed E-state index contributed by atoms with van der Waals surface area (Å²) >= 11 is 0. The first-order chi connectivity index (χ1) is 17.7. The molecule has 0 spiro atoms. The number of rotatable bonds is 3. The average Bonchev–Trinajstić information content (AvgIpc) is 3.28. The molecule has 10 nitrogen and oxygen atoms in total. The number of pyridine rings is 2. The van der Waals surface area contributed by atoms with Crippen LogP contribution in [-0.2, 0) is 4.74 Å². The van der Waals surface area contributed by atoms with E-state index >= 15 is 0 Å². The summed E-state index contributed by atoms with van der Waals surface area (Å²) in [6, 6.07) is 9.45. The normalized spacial score (nSPS) is 16.0. The van der Waals surface area contributed by atoms with Crippen molar-refractivity contribution in [2.45, 2.75) is 39.3 Å². The number of aromatic nitrogens is 5. The van der Waals surface area contributed by atoms with Crippen molar-refractivity contribution in [2.24, 2.45) is 0 Å². The van der Waals surface area contributed by atoms with Gasteiger partial charge in [-0.15, -0.1) is 0 Å². The molecule has 0 saturated carbocycles. The molecule has 0 radical (unpaired) electrons. The Kier molecular flexibility index (Phi) is 6.21. The lowest BCUT2D eigenvalue weighted by molar-refractivity contribution is 0.0218. The number of amides is 1. The van der Waals surface area contributed by atoms with Crippen LogP contribution in [0, 0.1) is 11.3 Å². The maximum absolute atomic E-state index is 12.7. The van der Waals surface area contributed by atoms with Crippen LogP contribution in [0.1, 0.15) is 33.3 Å². The zero-order valence-corrected chi connectivity index (χ0v) is 21.3. The number of carbonyl (C=O) groups is 1. The Balaban J connectivity index is 1.59. The molecule has 37 heavy (non-hydrogen) atoms. The monoisotopic (exact) mass is 496 g/mol. The molecule has 5 rings (SSSR count). The second kappa shape index (κ2) is 9.50. The molecule has 0 aliphatic carbocycles. The van der Waals surface area contributed by atoms with E-state index in [1.165, 1.54) is 0 Å². The SMILES string of the molecule is C[C@H]1CN(C(=O)OC(C)(C)C)CCN1c1ncnc2c1c(-c1cccnc1)cn2-c1cc(C#N)ccn1. The van der Waals surface area contributed by atoms with Gasteiger partial charge in [-0.1, -0.05) is 6.07 Å². The van der Waals surface area contributed by atoms with E-state index in [1.54, 1.807) is 42.0 Å². The van der Waals surface area contributed by atoms with Crippen molar-refractivity contribution in [1.29, 1.82) is 5.26 Å². The maximum atomic E-state index is 12.7. The molecule has 188 valence electrons. The van der Waals surface area contributed by atoms with Crippen LogP contribution in [0.15, 0.2) is 55.4 Å². The molecule has 1 fully saturated rings. The largest absolute Gasteiger partial charge is 0.444 e. The van der Waals surface area contributed by atoms with Gasteiger partial charge in [-0.05, 0) is 45.9 Å². The minimum absolute atomic E-state index is 0.00971. The summed E-state index contributed by atoms with van der Waals surface area (Å²) in [7, 11) is 0. The van der Waals surface area contributed by atoms with E-state index in [0.29, 0.717) is 36.7 Å². The van der Waals surface area contributed by atoms with Crippen molar-refractivity contribution >= 4 is 22.9 Å². The highest BCUT2D eigenvalue weighted by atomic mass is 16.6. The number of anilines is 1. The molecule has 0 unspecified atom stereocenters. The molecule has 0 aromatic carbocycles. The number of carbonyl (C=O) groups excluding carboxylic acids is 1. The molecule has 1 aliphatic rings. The van der Waals surface area contributed by atoms with Crippen LogP contribution < -0.4 is 4.90 Å². The number of ether oxygens (including phenoxy) is 1.